The Bertz CT molecular complexity index is 840. The van der Waals surface area contributed by atoms with Gasteiger partial charge in [0.2, 0.25) is 0 Å². The molecule has 0 heterocycles. The quantitative estimate of drug-likeness (QED) is 0.750. The number of halogens is 2. The summed E-state index contributed by atoms with van der Waals surface area (Å²) in [6.07, 6.45) is 1.37. The van der Waals surface area contributed by atoms with E-state index in [0.29, 0.717) is 19.3 Å². The lowest BCUT2D eigenvalue weighted by Gasteiger charge is -2.55. The summed E-state index contributed by atoms with van der Waals surface area (Å²) < 4.78 is 26.8. The van der Waals surface area contributed by atoms with Gasteiger partial charge >= 0.3 is 6.11 Å². The van der Waals surface area contributed by atoms with Crippen LogP contribution in [0.15, 0.2) is 23.8 Å². The minimum atomic E-state index is -4.65. The molecule has 0 spiro atoms. The number of carbonyl (C=O) groups is 3. The van der Waals surface area contributed by atoms with E-state index >= 15 is 0 Å². The number of hydrogen-bond acceptors (Lipinski definition) is 5. The summed E-state index contributed by atoms with van der Waals surface area (Å²) in [6.45, 7) is 3.47. The molecule has 6 atom stereocenters. The lowest BCUT2D eigenvalue weighted by molar-refractivity contribution is -0.229. The highest BCUT2D eigenvalue weighted by molar-refractivity contribution is 5.96. The van der Waals surface area contributed by atoms with Crippen LogP contribution < -0.4 is 0 Å². The first-order chi connectivity index (χ1) is 12.8. The Balaban J connectivity index is 1.79. The predicted octanol–water partition coefficient (Wildman–Crippen LogP) is 2.36. The molecule has 2 fully saturated rings. The van der Waals surface area contributed by atoms with Crippen molar-refractivity contribution in [2.45, 2.75) is 57.7 Å². The predicted molar refractivity (Wildman–Crippen MR) is 94.1 cm³/mol. The zero-order chi connectivity index (χ0) is 20.7. The van der Waals surface area contributed by atoms with Gasteiger partial charge in [-0.3, -0.25) is 14.4 Å². The van der Waals surface area contributed by atoms with Crippen LogP contribution in [-0.4, -0.2) is 39.3 Å². The largest absolute Gasteiger partial charge is 0.416 e. The van der Waals surface area contributed by atoms with Gasteiger partial charge in [0.15, 0.2) is 5.78 Å². The van der Waals surface area contributed by atoms with Crippen LogP contribution in [0.5, 0.6) is 0 Å². The molecule has 0 aliphatic heterocycles. The first-order valence-corrected chi connectivity index (χ1v) is 9.68. The van der Waals surface area contributed by atoms with Crippen molar-refractivity contribution in [1.29, 1.82) is 0 Å². The summed E-state index contributed by atoms with van der Waals surface area (Å²) in [5.74, 6) is -3.16. The number of carbonyl (C=O) groups excluding carboxylic acids is 3. The molecule has 0 aromatic heterocycles. The summed E-state index contributed by atoms with van der Waals surface area (Å²) in [5, 5.41) is 19.9. The van der Waals surface area contributed by atoms with Crippen LogP contribution in [0.1, 0.15) is 46.0 Å². The number of aliphatic hydroxyl groups is 2. The highest BCUT2D eigenvalue weighted by Gasteiger charge is 2.70. The van der Waals surface area contributed by atoms with E-state index in [0.717, 1.165) is 5.57 Å². The molecule has 0 radical (unpaired) electrons. The van der Waals surface area contributed by atoms with Gasteiger partial charge < -0.3 is 10.2 Å². The fourth-order valence-corrected chi connectivity index (χ4v) is 6.46. The lowest BCUT2D eigenvalue weighted by Crippen LogP contribution is -2.62. The fraction of sp³-hybridized carbons (Fsp3) is 0.667. The molecular formula is C21H24F2O5. The summed E-state index contributed by atoms with van der Waals surface area (Å²) >= 11 is 0. The molecule has 0 saturated heterocycles. The zero-order valence-corrected chi connectivity index (χ0v) is 15.9. The van der Waals surface area contributed by atoms with Crippen molar-refractivity contribution >= 4 is 17.3 Å². The van der Waals surface area contributed by atoms with Crippen LogP contribution >= 0.6 is 0 Å². The molecule has 0 aromatic carbocycles. The summed E-state index contributed by atoms with van der Waals surface area (Å²) in [5.41, 5.74) is -3.53. The van der Waals surface area contributed by atoms with Crippen LogP contribution in [0.25, 0.3) is 0 Å². The van der Waals surface area contributed by atoms with Crippen LogP contribution in [0.4, 0.5) is 8.78 Å². The van der Waals surface area contributed by atoms with Gasteiger partial charge in [-0.2, -0.15) is 8.78 Å². The number of fused-ring (bicyclic) bond motifs is 5. The second-order valence-electron chi connectivity index (χ2n) is 9.33. The highest BCUT2D eigenvalue weighted by Crippen LogP contribution is 2.65. The number of ketones is 3. The van der Waals surface area contributed by atoms with Crippen molar-refractivity contribution < 1.29 is 33.4 Å². The number of hydrogen-bond donors (Lipinski definition) is 2. The van der Waals surface area contributed by atoms with Crippen molar-refractivity contribution in [1.82, 2.24) is 0 Å². The molecule has 152 valence electrons. The Morgan fingerprint density at radius 2 is 1.93 bits per heavy atom. The van der Waals surface area contributed by atoms with E-state index < -0.39 is 34.2 Å². The number of alkyl halides is 2. The Labute approximate surface area is 161 Å². The molecule has 5 nitrogen and oxygen atoms in total. The van der Waals surface area contributed by atoms with E-state index in [-0.39, 0.29) is 36.2 Å². The van der Waals surface area contributed by atoms with Gasteiger partial charge in [0.05, 0.1) is 0 Å². The molecule has 0 amide bonds. The average molecular weight is 394 g/mol. The van der Waals surface area contributed by atoms with Gasteiger partial charge in [0.25, 0.3) is 5.78 Å². The van der Waals surface area contributed by atoms with Crippen molar-refractivity contribution in [3.05, 3.63) is 23.8 Å². The second-order valence-corrected chi connectivity index (χ2v) is 9.33. The van der Waals surface area contributed by atoms with Crippen LogP contribution in [0.3, 0.4) is 0 Å². The van der Waals surface area contributed by atoms with E-state index in [1.807, 2.05) is 19.1 Å². The SMILES string of the molecule is C[C@]12CCC(=O)C=C1C=C[C@@H]1[C@@H]2C(=O)C[C@@]2(C)[C@H]1CC[C@]2(O)C(=O)C(O)(F)F. The third-order valence-electron chi connectivity index (χ3n) is 8.02. The molecule has 4 aliphatic rings. The van der Waals surface area contributed by atoms with Crippen LogP contribution in [-0.2, 0) is 14.4 Å². The second kappa shape index (κ2) is 5.66. The van der Waals surface area contributed by atoms with Crippen molar-refractivity contribution in [3.8, 4) is 0 Å². The number of rotatable bonds is 2. The molecule has 4 rings (SSSR count). The molecule has 2 saturated carbocycles. The van der Waals surface area contributed by atoms with Gasteiger partial charge in [-0.1, -0.05) is 26.0 Å². The summed E-state index contributed by atoms with van der Waals surface area (Å²) in [6, 6.07) is 0. The molecule has 28 heavy (non-hydrogen) atoms. The Morgan fingerprint density at radius 1 is 1.25 bits per heavy atom. The molecular weight excluding hydrogens is 370 g/mol. The van der Waals surface area contributed by atoms with E-state index in [4.69, 9.17) is 5.11 Å². The number of allylic oxidation sites excluding steroid dienone is 4. The van der Waals surface area contributed by atoms with Gasteiger partial charge in [-0.05, 0) is 42.7 Å². The molecule has 0 aromatic rings. The fourth-order valence-electron chi connectivity index (χ4n) is 6.46. The molecule has 4 aliphatic carbocycles. The van der Waals surface area contributed by atoms with Gasteiger partial charge in [-0.15, -0.1) is 0 Å². The van der Waals surface area contributed by atoms with E-state index in [2.05, 4.69) is 0 Å². The minimum absolute atomic E-state index is 0.0229. The monoisotopic (exact) mass is 394 g/mol. The van der Waals surface area contributed by atoms with Gasteiger partial charge in [0.1, 0.15) is 11.4 Å². The van der Waals surface area contributed by atoms with Crippen LogP contribution in [0, 0.1) is 28.6 Å². The summed E-state index contributed by atoms with van der Waals surface area (Å²) in [7, 11) is 0. The molecule has 2 N–H and O–H groups in total. The van der Waals surface area contributed by atoms with Crippen molar-refractivity contribution in [2.75, 3.05) is 0 Å². The zero-order valence-electron chi connectivity index (χ0n) is 15.9. The standard InChI is InChI=1S/C21H24F2O5/c1-18-7-5-12(24)9-11(18)3-4-13-14-6-8-20(27,17(26)21(22,23)28)19(14,2)10-15(25)16(13)18/h3-4,9,13-14,16,27-28H,5-8,10H2,1-2H3/t13-,14-,16+,18-,19-,20-/m0/s1. The lowest BCUT2D eigenvalue weighted by atomic mass is 9.47. The van der Waals surface area contributed by atoms with E-state index in [9.17, 15) is 28.3 Å². The highest BCUT2D eigenvalue weighted by atomic mass is 19.3. The maximum atomic E-state index is 13.4. The van der Waals surface area contributed by atoms with Gasteiger partial charge in [0, 0.05) is 29.6 Å². The first kappa shape index (κ1) is 19.6. The maximum absolute atomic E-state index is 13.4. The third kappa shape index (κ3) is 2.32. The van der Waals surface area contributed by atoms with E-state index in [1.165, 1.54) is 6.92 Å². The molecule has 7 heteroatoms. The summed E-state index contributed by atoms with van der Waals surface area (Å²) in [4.78, 5) is 37.3. The smallest absolute Gasteiger partial charge is 0.381 e. The maximum Gasteiger partial charge on any atom is 0.416 e. The molecule has 0 bridgehead atoms. The van der Waals surface area contributed by atoms with Crippen molar-refractivity contribution in [3.63, 3.8) is 0 Å². The topological polar surface area (TPSA) is 91.7 Å². The Hall–Kier alpha value is -1.73. The van der Waals surface area contributed by atoms with Crippen LogP contribution in [0.2, 0.25) is 0 Å². The molecule has 0 unspecified atom stereocenters. The van der Waals surface area contributed by atoms with Gasteiger partial charge in [-0.25, -0.2) is 0 Å². The normalized spacial score (nSPS) is 45.2. The average Bonchev–Trinajstić information content (AvgIpc) is 2.85. The Kier molecular flexibility index (Phi) is 3.96. The van der Waals surface area contributed by atoms with Crippen molar-refractivity contribution in [2.24, 2.45) is 28.6 Å². The first-order valence-electron chi connectivity index (χ1n) is 9.68. The minimum Gasteiger partial charge on any atom is -0.381 e. The Morgan fingerprint density at radius 3 is 2.57 bits per heavy atom. The number of Topliss-reactive ketones (excluding diaryl/α,β-unsaturated/α-hetero) is 2. The third-order valence-corrected chi connectivity index (χ3v) is 8.02. The van der Waals surface area contributed by atoms with E-state index in [1.54, 1.807) is 6.08 Å².